The van der Waals surface area contributed by atoms with Gasteiger partial charge in [0.2, 0.25) is 0 Å². The largest absolute Gasteiger partial charge is 0.497 e. The van der Waals surface area contributed by atoms with Crippen molar-refractivity contribution >= 4 is 34.7 Å². The summed E-state index contributed by atoms with van der Waals surface area (Å²) in [5, 5.41) is 0.527. The summed E-state index contributed by atoms with van der Waals surface area (Å²) in [7, 11) is 1.59. The molecule has 0 bridgehead atoms. The summed E-state index contributed by atoms with van der Waals surface area (Å²) in [6.07, 6.45) is 0.821. The number of ether oxygens (including phenoxy) is 1. The lowest BCUT2D eigenvalue weighted by molar-refractivity contribution is -0.137. The highest BCUT2D eigenvalue weighted by Crippen LogP contribution is 2.39. The molecule has 0 radical (unpaired) electrons. The summed E-state index contributed by atoms with van der Waals surface area (Å²) < 4.78 is 5.26. The molecule has 2 amide bonds. The van der Waals surface area contributed by atoms with E-state index in [4.69, 9.17) is 16.3 Å². The number of amides is 2. The van der Waals surface area contributed by atoms with Gasteiger partial charge in [0.05, 0.1) is 19.2 Å². The van der Waals surface area contributed by atoms with Crippen LogP contribution in [0.5, 0.6) is 5.75 Å². The Morgan fingerprint density at radius 1 is 0.906 bits per heavy atom. The van der Waals surface area contributed by atoms with Gasteiger partial charge < -0.3 is 9.64 Å². The van der Waals surface area contributed by atoms with E-state index in [0.29, 0.717) is 34.2 Å². The van der Waals surface area contributed by atoms with E-state index in [1.807, 2.05) is 53.4 Å². The van der Waals surface area contributed by atoms with Crippen LogP contribution in [0.4, 0.5) is 5.69 Å². The maximum absolute atomic E-state index is 13.7. The number of imide groups is 1. The van der Waals surface area contributed by atoms with Crippen molar-refractivity contribution in [2.45, 2.75) is 13.0 Å². The summed E-state index contributed by atoms with van der Waals surface area (Å²) >= 11 is 6.33. The van der Waals surface area contributed by atoms with Crippen molar-refractivity contribution in [3.8, 4) is 5.75 Å². The molecule has 3 aromatic carbocycles. The highest BCUT2D eigenvalue weighted by Gasteiger charge is 2.43. The highest BCUT2D eigenvalue weighted by atomic mass is 35.5. The molecule has 0 saturated heterocycles. The Morgan fingerprint density at radius 2 is 1.62 bits per heavy atom. The van der Waals surface area contributed by atoms with Crippen LogP contribution in [0.1, 0.15) is 16.7 Å². The minimum atomic E-state index is -0.320. The normalized spacial score (nSPS) is 15.6. The first kappa shape index (κ1) is 20.3. The van der Waals surface area contributed by atoms with Crippen molar-refractivity contribution in [3.63, 3.8) is 0 Å². The lowest BCUT2D eigenvalue weighted by atomic mass is 10.0. The van der Waals surface area contributed by atoms with Crippen LogP contribution in [0.2, 0.25) is 5.02 Å². The summed E-state index contributed by atoms with van der Waals surface area (Å²) in [4.78, 5) is 30.5. The number of benzene rings is 3. The molecule has 5 nitrogen and oxygen atoms in total. The SMILES string of the molecule is COc1ccc(C2=C(N3CCc4ccccc43)C(=O)N(Cc3ccccc3Cl)C2=O)cc1. The fourth-order valence-corrected chi connectivity index (χ4v) is 4.54. The van der Waals surface area contributed by atoms with E-state index in [-0.39, 0.29) is 18.4 Å². The summed E-state index contributed by atoms with van der Waals surface area (Å²) in [6.45, 7) is 0.767. The Morgan fingerprint density at radius 3 is 2.38 bits per heavy atom. The first-order chi connectivity index (χ1) is 15.6. The topological polar surface area (TPSA) is 49.9 Å². The second kappa shape index (κ2) is 8.17. The molecule has 6 heteroatoms. The first-order valence-corrected chi connectivity index (χ1v) is 10.8. The van der Waals surface area contributed by atoms with Crippen molar-refractivity contribution in [2.24, 2.45) is 0 Å². The number of anilines is 1. The summed E-state index contributed by atoms with van der Waals surface area (Å²) in [5.74, 6) is 0.0593. The molecule has 2 aliphatic rings. The Kier molecular flexibility index (Phi) is 5.19. The van der Waals surface area contributed by atoms with E-state index in [1.54, 1.807) is 25.3 Å². The second-order valence-electron chi connectivity index (χ2n) is 7.77. The van der Waals surface area contributed by atoms with Crippen LogP contribution in [0.15, 0.2) is 78.5 Å². The predicted molar refractivity (Wildman–Crippen MR) is 124 cm³/mol. The van der Waals surface area contributed by atoms with Gasteiger partial charge in [-0.1, -0.05) is 60.1 Å². The molecule has 32 heavy (non-hydrogen) atoms. The lowest BCUT2D eigenvalue weighted by Gasteiger charge is -2.22. The minimum absolute atomic E-state index is 0.121. The Bertz CT molecular complexity index is 1250. The molecule has 0 fully saturated rings. The van der Waals surface area contributed by atoms with Crippen LogP contribution < -0.4 is 9.64 Å². The average molecular weight is 445 g/mol. The molecule has 160 valence electrons. The lowest BCUT2D eigenvalue weighted by Crippen LogP contribution is -2.34. The number of carbonyl (C=O) groups is 2. The van der Waals surface area contributed by atoms with Crippen LogP contribution in [0, 0.1) is 0 Å². The van der Waals surface area contributed by atoms with Gasteiger partial charge in [-0.2, -0.15) is 0 Å². The molecule has 5 rings (SSSR count). The Hall–Kier alpha value is -3.57. The van der Waals surface area contributed by atoms with Gasteiger partial charge in [-0.25, -0.2) is 0 Å². The summed E-state index contributed by atoms with van der Waals surface area (Å²) in [6, 6.07) is 22.5. The molecule has 3 aromatic rings. The molecule has 0 aliphatic carbocycles. The van der Waals surface area contributed by atoms with Crippen LogP contribution in [0.3, 0.4) is 0 Å². The van der Waals surface area contributed by atoms with Crippen LogP contribution in [0.25, 0.3) is 5.57 Å². The van der Waals surface area contributed by atoms with E-state index < -0.39 is 0 Å². The van der Waals surface area contributed by atoms with Gasteiger partial charge in [0.1, 0.15) is 11.4 Å². The third kappa shape index (κ3) is 3.35. The van der Waals surface area contributed by atoms with Crippen LogP contribution in [-0.4, -0.2) is 30.4 Å². The molecular weight excluding hydrogens is 424 g/mol. The molecular formula is C26H21ClN2O3. The molecule has 0 N–H and O–H groups in total. The van der Waals surface area contributed by atoms with Crippen LogP contribution >= 0.6 is 11.6 Å². The van der Waals surface area contributed by atoms with Gasteiger partial charge in [-0.15, -0.1) is 0 Å². The molecule has 0 spiro atoms. The number of rotatable bonds is 5. The standard InChI is InChI=1S/C26H21ClN2O3/c1-32-20-12-10-18(11-13-20)23-24(28-15-14-17-6-3-5-9-22(17)28)26(31)29(25(23)30)16-19-7-2-4-8-21(19)27/h2-13H,14-16H2,1H3. The van der Waals surface area contributed by atoms with Crippen LogP contribution in [-0.2, 0) is 22.6 Å². The smallest absolute Gasteiger partial charge is 0.278 e. The highest BCUT2D eigenvalue weighted by molar-refractivity contribution is 6.37. The third-order valence-corrected chi connectivity index (χ3v) is 6.33. The summed E-state index contributed by atoms with van der Waals surface area (Å²) in [5.41, 5.74) is 4.37. The van der Waals surface area contributed by atoms with Crippen molar-refractivity contribution in [1.29, 1.82) is 0 Å². The number of para-hydroxylation sites is 1. The molecule has 2 aliphatic heterocycles. The van der Waals surface area contributed by atoms with Gasteiger partial charge in [-0.05, 0) is 47.4 Å². The van der Waals surface area contributed by atoms with Gasteiger partial charge in [0.15, 0.2) is 0 Å². The number of carbonyl (C=O) groups excluding carboxylic acids is 2. The number of halogens is 1. The van der Waals surface area contributed by atoms with E-state index in [9.17, 15) is 9.59 Å². The van der Waals surface area contributed by atoms with Crippen molar-refractivity contribution in [1.82, 2.24) is 4.90 Å². The zero-order chi connectivity index (χ0) is 22.2. The van der Waals surface area contributed by atoms with E-state index >= 15 is 0 Å². The maximum atomic E-state index is 13.7. The fraction of sp³-hybridized carbons (Fsp3) is 0.154. The number of fused-ring (bicyclic) bond motifs is 1. The molecule has 0 saturated carbocycles. The minimum Gasteiger partial charge on any atom is -0.497 e. The molecule has 0 atom stereocenters. The third-order valence-electron chi connectivity index (χ3n) is 5.97. The van der Waals surface area contributed by atoms with Crippen molar-refractivity contribution in [2.75, 3.05) is 18.6 Å². The van der Waals surface area contributed by atoms with Gasteiger partial charge in [-0.3, -0.25) is 14.5 Å². The van der Waals surface area contributed by atoms with E-state index in [2.05, 4.69) is 6.07 Å². The van der Waals surface area contributed by atoms with E-state index in [1.165, 1.54) is 10.5 Å². The number of nitrogens with zero attached hydrogens (tertiary/aromatic N) is 2. The van der Waals surface area contributed by atoms with Crippen molar-refractivity contribution < 1.29 is 14.3 Å². The van der Waals surface area contributed by atoms with Crippen molar-refractivity contribution in [3.05, 3.63) is 100 Å². The Labute approximate surface area is 191 Å². The second-order valence-corrected chi connectivity index (χ2v) is 8.18. The van der Waals surface area contributed by atoms with E-state index in [0.717, 1.165) is 17.7 Å². The fourth-order valence-electron chi connectivity index (χ4n) is 4.34. The number of hydrogen-bond acceptors (Lipinski definition) is 4. The first-order valence-electron chi connectivity index (χ1n) is 10.4. The quantitative estimate of drug-likeness (QED) is 0.536. The van der Waals surface area contributed by atoms with Gasteiger partial charge >= 0.3 is 0 Å². The monoisotopic (exact) mass is 444 g/mol. The predicted octanol–water partition coefficient (Wildman–Crippen LogP) is 4.69. The average Bonchev–Trinajstić information content (AvgIpc) is 3.34. The van der Waals surface area contributed by atoms with Gasteiger partial charge in [0.25, 0.3) is 11.8 Å². The number of methoxy groups -OCH3 is 1. The van der Waals surface area contributed by atoms with Gasteiger partial charge in [0, 0.05) is 17.3 Å². The molecule has 0 unspecified atom stereocenters. The maximum Gasteiger partial charge on any atom is 0.278 e. The zero-order valence-corrected chi connectivity index (χ0v) is 18.3. The zero-order valence-electron chi connectivity index (χ0n) is 17.5. The molecule has 0 aromatic heterocycles. The molecule has 2 heterocycles. The Balaban J connectivity index is 1.61. The number of hydrogen-bond donors (Lipinski definition) is 0.